The van der Waals surface area contributed by atoms with Gasteiger partial charge in [-0.3, -0.25) is 0 Å². The van der Waals surface area contributed by atoms with Gasteiger partial charge in [0, 0.05) is 38.9 Å². The van der Waals surface area contributed by atoms with Crippen molar-refractivity contribution in [3.63, 3.8) is 0 Å². The molecule has 2 heteroatoms. The van der Waals surface area contributed by atoms with Gasteiger partial charge in [0.25, 0.3) is 0 Å². The fourth-order valence-corrected chi connectivity index (χ4v) is 13.0. The van der Waals surface area contributed by atoms with Crippen LogP contribution >= 0.6 is 0 Å². The maximum Gasteiger partial charge on any atom is 0.0714 e. The molecule has 0 N–H and O–H groups in total. The van der Waals surface area contributed by atoms with E-state index in [0.29, 0.717) is 0 Å². The number of hydrogen-bond acceptors (Lipinski definition) is 1. The molecule has 352 valence electrons. The van der Waals surface area contributed by atoms with Gasteiger partial charge < -0.3 is 9.47 Å². The van der Waals surface area contributed by atoms with Gasteiger partial charge in [0.1, 0.15) is 0 Å². The van der Waals surface area contributed by atoms with Crippen molar-refractivity contribution in [1.82, 2.24) is 4.57 Å². The van der Waals surface area contributed by atoms with Crippen molar-refractivity contribution in [1.29, 1.82) is 0 Å². The van der Waals surface area contributed by atoms with E-state index in [1.807, 2.05) is 0 Å². The molecule has 0 fully saturated rings. The molecule has 0 amide bonds. The zero-order valence-electron chi connectivity index (χ0n) is 42.1. The van der Waals surface area contributed by atoms with E-state index < -0.39 is 5.41 Å². The maximum atomic E-state index is 2.48. The fraction of sp³-hybridized carbons (Fsp3) is 0.0833. The molecule has 0 unspecified atom stereocenters. The van der Waals surface area contributed by atoms with Gasteiger partial charge in [0.2, 0.25) is 0 Å². The molecule has 0 saturated heterocycles. The minimum atomic E-state index is -0.529. The number of hydrogen-bond donors (Lipinski definition) is 0. The molecule has 11 aromatic carbocycles. The van der Waals surface area contributed by atoms with E-state index in [1.54, 1.807) is 0 Å². The molecule has 0 bridgehead atoms. The van der Waals surface area contributed by atoms with Crippen molar-refractivity contribution in [2.45, 2.75) is 38.5 Å². The molecule has 1 heterocycles. The van der Waals surface area contributed by atoms with Crippen LogP contribution in [-0.4, -0.2) is 4.57 Å². The first-order valence-corrected chi connectivity index (χ1v) is 26.0. The molecule has 0 saturated carbocycles. The summed E-state index contributed by atoms with van der Waals surface area (Å²) in [6.07, 6.45) is 0. The van der Waals surface area contributed by atoms with E-state index in [4.69, 9.17) is 0 Å². The van der Waals surface area contributed by atoms with Crippen LogP contribution < -0.4 is 4.90 Å². The minimum absolute atomic E-state index is 0.187. The number of aryl methyl sites for hydroxylation is 2. The number of para-hydroxylation sites is 1. The van der Waals surface area contributed by atoms with Crippen LogP contribution in [0.3, 0.4) is 0 Å². The molecule has 2 aliphatic rings. The molecule has 0 spiro atoms. The van der Waals surface area contributed by atoms with Crippen LogP contribution in [0.1, 0.15) is 58.4 Å². The molecule has 0 radical (unpaired) electrons. The number of fused-ring (bicyclic) bond motifs is 9. The summed E-state index contributed by atoms with van der Waals surface area (Å²) in [7, 11) is 0. The quantitative estimate of drug-likeness (QED) is 0.147. The summed E-state index contributed by atoms with van der Waals surface area (Å²) < 4.78 is 2.48. The molecular weight excluding hydrogens is 893 g/mol. The average Bonchev–Trinajstić information content (AvgIpc) is 4.02. The summed E-state index contributed by atoms with van der Waals surface area (Å²) >= 11 is 0. The van der Waals surface area contributed by atoms with E-state index in [1.165, 1.54) is 117 Å². The number of aromatic nitrogens is 1. The Morgan fingerprint density at radius 2 is 0.838 bits per heavy atom. The average molecular weight is 947 g/mol. The fourth-order valence-electron chi connectivity index (χ4n) is 13.0. The molecular formula is C72H54N2. The van der Waals surface area contributed by atoms with Gasteiger partial charge in [-0.05, 0) is 158 Å². The highest BCUT2D eigenvalue weighted by molar-refractivity contribution is 6.11. The van der Waals surface area contributed by atoms with Gasteiger partial charge in [-0.1, -0.05) is 213 Å². The Hall–Kier alpha value is -8.98. The Kier molecular flexibility index (Phi) is 9.94. The van der Waals surface area contributed by atoms with Crippen LogP contribution in [0.4, 0.5) is 17.1 Å². The Labute approximate surface area is 434 Å². The molecule has 2 nitrogen and oxygen atoms in total. The lowest BCUT2D eigenvalue weighted by atomic mass is 9.67. The van der Waals surface area contributed by atoms with Crippen molar-refractivity contribution >= 4 is 38.9 Å². The van der Waals surface area contributed by atoms with Crippen molar-refractivity contribution in [3.8, 4) is 50.2 Å². The van der Waals surface area contributed by atoms with Gasteiger partial charge in [-0.25, -0.2) is 0 Å². The lowest BCUT2D eigenvalue weighted by Crippen LogP contribution is -2.28. The molecule has 74 heavy (non-hydrogen) atoms. The summed E-state index contributed by atoms with van der Waals surface area (Å²) in [5.41, 5.74) is 26.6. The van der Waals surface area contributed by atoms with E-state index >= 15 is 0 Å². The second-order valence-corrected chi connectivity index (χ2v) is 21.1. The Balaban J connectivity index is 0.939. The monoisotopic (exact) mass is 946 g/mol. The summed E-state index contributed by atoms with van der Waals surface area (Å²) in [5.74, 6) is 0. The van der Waals surface area contributed by atoms with Crippen molar-refractivity contribution < 1.29 is 0 Å². The van der Waals surface area contributed by atoms with Crippen LogP contribution in [0.5, 0.6) is 0 Å². The first kappa shape index (κ1) is 43.8. The number of rotatable bonds is 8. The molecule has 12 aromatic rings. The SMILES string of the molecule is Cc1cc(C)cc(-c2ccc3c(c2)C(C)(C)c2cc(-n4c5ccccc5c5cc(N(c6ccc(-c7ccccc7)cc6)c6ccc7c(c6)C(c6ccccc6)(c6ccccc6)c6ccccc6-7)ccc54)ccc2-3)c1. The van der Waals surface area contributed by atoms with Crippen LogP contribution in [0, 0.1) is 13.8 Å². The first-order chi connectivity index (χ1) is 36.3. The topological polar surface area (TPSA) is 8.17 Å². The van der Waals surface area contributed by atoms with Crippen LogP contribution in [0.2, 0.25) is 0 Å². The van der Waals surface area contributed by atoms with Crippen LogP contribution in [-0.2, 0) is 10.8 Å². The highest BCUT2D eigenvalue weighted by atomic mass is 15.1. The Bertz CT molecular complexity index is 4100. The van der Waals surface area contributed by atoms with E-state index in [2.05, 4.69) is 292 Å². The van der Waals surface area contributed by atoms with Crippen molar-refractivity contribution in [3.05, 3.63) is 299 Å². The number of nitrogens with zero attached hydrogens (tertiary/aromatic N) is 2. The maximum absolute atomic E-state index is 2.48. The highest BCUT2D eigenvalue weighted by Gasteiger charge is 2.46. The van der Waals surface area contributed by atoms with Gasteiger partial charge in [0.15, 0.2) is 0 Å². The zero-order chi connectivity index (χ0) is 49.7. The number of benzene rings is 11. The Morgan fingerprint density at radius 3 is 1.57 bits per heavy atom. The lowest BCUT2D eigenvalue weighted by Gasteiger charge is -2.35. The van der Waals surface area contributed by atoms with Crippen LogP contribution in [0.15, 0.2) is 255 Å². The minimum Gasteiger partial charge on any atom is -0.310 e. The lowest BCUT2D eigenvalue weighted by molar-refractivity contribution is 0.660. The molecule has 14 rings (SSSR count). The summed E-state index contributed by atoms with van der Waals surface area (Å²) in [6.45, 7) is 9.17. The van der Waals surface area contributed by atoms with Gasteiger partial charge in [-0.2, -0.15) is 0 Å². The van der Waals surface area contributed by atoms with E-state index in [-0.39, 0.29) is 5.41 Å². The van der Waals surface area contributed by atoms with E-state index in [9.17, 15) is 0 Å². The third-order valence-electron chi connectivity index (χ3n) is 16.3. The van der Waals surface area contributed by atoms with Crippen molar-refractivity contribution in [2.24, 2.45) is 0 Å². The normalized spacial score (nSPS) is 13.6. The highest BCUT2D eigenvalue weighted by Crippen LogP contribution is 2.58. The summed E-state index contributed by atoms with van der Waals surface area (Å²) in [5, 5.41) is 2.43. The standard InChI is InChI=1S/C72H54N2/c1-47-40-48(2)42-52(41-47)51-30-36-60-61-37-34-58(45-67(61)71(3,4)66(60)43-51)74-69-27-17-15-25-63(69)64-44-56(35-39-70(64)74)73(55-31-28-50(29-32-55)49-18-8-5-9-19-49)57-33-38-62-59-24-14-16-26-65(59)72(68(62)46-57,53-20-10-6-11-21-53)54-22-12-7-13-23-54/h5-46H,1-4H3. The predicted octanol–water partition coefficient (Wildman–Crippen LogP) is 18.9. The molecule has 0 atom stereocenters. The Morgan fingerprint density at radius 1 is 0.324 bits per heavy atom. The molecule has 1 aromatic heterocycles. The van der Waals surface area contributed by atoms with E-state index in [0.717, 1.165) is 17.1 Å². The third kappa shape index (κ3) is 6.64. The second-order valence-electron chi connectivity index (χ2n) is 21.1. The summed E-state index contributed by atoms with van der Waals surface area (Å²) in [6, 6.07) is 95.3. The largest absolute Gasteiger partial charge is 0.310 e. The molecule has 2 aliphatic carbocycles. The van der Waals surface area contributed by atoms with Gasteiger partial charge in [-0.15, -0.1) is 0 Å². The smallest absolute Gasteiger partial charge is 0.0714 e. The van der Waals surface area contributed by atoms with Gasteiger partial charge >= 0.3 is 0 Å². The van der Waals surface area contributed by atoms with Crippen LogP contribution in [0.25, 0.3) is 72.0 Å². The van der Waals surface area contributed by atoms with Gasteiger partial charge in [0.05, 0.1) is 16.4 Å². The zero-order valence-corrected chi connectivity index (χ0v) is 42.1. The van der Waals surface area contributed by atoms with Crippen molar-refractivity contribution in [2.75, 3.05) is 4.90 Å². The first-order valence-electron chi connectivity index (χ1n) is 26.0. The third-order valence-corrected chi connectivity index (χ3v) is 16.3. The second kappa shape index (κ2) is 16.8. The number of anilines is 3. The predicted molar refractivity (Wildman–Crippen MR) is 311 cm³/mol. The summed E-state index contributed by atoms with van der Waals surface area (Å²) in [4.78, 5) is 2.46. The molecule has 0 aliphatic heterocycles.